The normalized spacial score (nSPS) is 19.5. The van der Waals surface area contributed by atoms with Crippen molar-refractivity contribution in [3.63, 3.8) is 0 Å². The van der Waals surface area contributed by atoms with Gasteiger partial charge in [-0.1, -0.05) is 0 Å². The van der Waals surface area contributed by atoms with Gasteiger partial charge < -0.3 is 19.4 Å². The van der Waals surface area contributed by atoms with Crippen LogP contribution in [-0.4, -0.2) is 35.6 Å². The summed E-state index contributed by atoms with van der Waals surface area (Å²) in [4.78, 5) is 26.0. The van der Waals surface area contributed by atoms with E-state index < -0.39 is 5.60 Å². The van der Waals surface area contributed by atoms with Gasteiger partial charge in [-0.25, -0.2) is 4.79 Å². The molecule has 0 spiro atoms. The van der Waals surface area contributed by atoms with Crippen molar-refractivity contribution < 1.29 is 18.7 Å². The van der Waals surface area contributed by atoms with Crippen LogP contribution in [-0.2, 0) is 9.53 Å². The predicted molar refractivity (Wildman–Crippen MR) is 85.9 cm³/mol. The number of aryl methyl sites for hydroxylation is 1. The molecular weight excluding hydrogens is 296 g/mol. The first-order valence-electron chi connectivity index (χ1n) is 8.00. The number of nitrogens with zero attached hydrogens (tertiary/aromatic N) is 1. The third-order valence-corrected chi connectivity index (χ3v) is 3.76. The van der Waals surface area contributed by atoms with Crippen molar-refractivity contribution in [1.29, 1.82) is 0 Å². The summed E-state index contributed by atoms with van der Waals surface area (Å²) in [6.07, 6.45) is 0.289. The second-order valence-corrected chi connectivity index (χ2v) is 7.09. The molecule has 2 atom stereocenters. The van der Waals surface area contributed by atoms with E-state index in [1.165, 1.54) is 0 Å². The summed E-state index contributed by atoms with van der Waals surface area (Å²) in [5.74, 6) is 1.29. The molecule has 0 radical (unpaired) electrons. The lowest BCUT2D eigenvalue weighted by Gasteiger charge is -2.24. The van der Waals surface area contributed by atoms with Gasteiger partial charge in [0.15, 0.2) is 0 Å². The van der Waals surface area contributed by atoms with Gasteiger partial charge in [0.25, 0.3) is 0 Å². The zero-order valence-electron chi connectivity index (χ0n) is 14.5. The molecule has 6 nitrogen and oxygen atoms in total. The fraction of sp³-hybridized carbons (Fsp3) is 0.647. The van der Waals surface area contributed by atoms with Gasteiger partial charge in [-0.15, -0.1) is 0 Å². The molecule has 2 rings (SSSR count). The van der Waals surface area contributed by atoms with Crippen LogP contribution in [0.4, 0.5) is 4.79 Å². The van der Waals surface area contributed by atoms with E-state index in [9.17, 15) is 9.59 Å². The first-order valence-corrected chi connectivity index (χ1v) is 8.00. The van der Waals surface area contributed by atoms with Crippen molar-refractivity contribution in [2.24, 2.45) is 5.92 Å². The van der Waals surface area contributed by atoms with E-state index in [1.54, 1.807) is 4.90 Å². The lowest BCUT2D eigenvalue weighted by atomic mass is 10.1. The largest absolute Gasteiger partial charge is 0.464 e. The summed E-state index contributed by atoms with van der Waals surface area (Å²) in [7, 11) is 0. The molecule has 0 aliphatic carbocycles. The Morgan fingerprint density at radius 3 is 2.65 bits per heavy atom. The molecular formula is C17H26N2O4. The molecule has 6 heteroatoms. The summed E-state index contributed by atoms with van der Waals surface area (Å²) in [6, 6.07) is 3.55. The Kier molecular flexibility index (Phi) is 5.02. The minimum absolute atomic E-state index is 0.0578. The fourth-order valence-electron chi connectivity index (χ4n) is 2.56. The minimum Gasteiger partial charge on any atom is -0.464 e. The van der Waals surface area contributed by atoms with Crippen molar-refractivity contribution in [3.05, 3.63) is 23.7 Å². The molecule has 1 N–H and O–H groups in total. The Balaban J connectivity index is 1.86. The molecule has 0 bridgehead atoms. The lowest BCUT2D eigenvalue weighted by molar-refractivity contribution is -0.125. The molecule has 23 heavy (non-hydrogen) atoms. The average molecular weight is 322 g/mol. The Morgan fingerprint density at radius 1 is 1.39 bits per heavy atom. The first-order chi connectivity index (χ1) is 10.7. The summed E-state index contributed by atoms with van der Waals surface area (Å²) in [6.45, 7) is 10.2. The molecule has 1 saturated heterocycles. The van der Waals surface area contributed by atoms with E-state index >= 15 is 0 Å². The number of rotatable bonds is 3. The van der Waals surface area contributed by atoms with Gasteiger partial charge in [0, 0.05) is 13.1 Å². The van der Waals surface area contributed by atoms with Crippen LogP contribution >= 0.6 is 0 Å². The molecule has 2 heterocycles. The number of likely N-dealkylation sites (tertiary alicyclic amines) is 1. The third kappa shape index (κ3) is 4.74. The summed E-state index contributed by atoms with van der Waals surface area (Å²) < 4.78 is 10.9. The second kappa shape index (κ2) is 6.64. The van der Waals surface area contributed by atoms with Crippen molar-refractivity contribution in [2.45, 2.75) is 52.7 Å². The zero-order valence-corrected chi connectivity index (χ0v) is 14.5. The maximum atomic E-state index is 12.4. The quantitative estimate of drug-likeness (QED) is 0.928. The smallest absolute Gasteiger partial charge is 0.410 e. The van der Waals surface area contributed by atoms with Crippen LogP contribution in [0, 0.1) is 12.8 Å². The van der Waals surface area contributed by atoms with Gasteiger partial charge >= 0.3 is 6.09 Å². The van der Waals surface area contributed by atoms with Gasteiger partial charge in [-0.3, -0.25) is 4.79 Å². The van der Waals surface area contributed by atoms with E-state index in [-0.39, 0.29) is 24.0 Å². The zero-order chi connectivity index (χ0) is 17.2. The molecule has 128 valence electrons. The molecule has 1 aliphatic rings. The minimum atomic E-state index is -0.525. The van der Waals surface area contributed by atoms with Crippen LogP contribution in [0.25, 0.3) is 0 Å². The number of ether oxygens (including phenoxy) is 1. The number of hydrogen-bond donors (Lipinski definition) is 1. The highest BCUT2D eigenvalue weighted by Gasteiger charge is 2.34. The van der Waals surface area contributed by atoms with Crippen LogP contribution < -0.4 is 5.32 Å². The number of nitrogens with one attached hydrogen (secondary N) is 1. The highest BCUT2D eigenvalue weighted by atomic mass is 16.6. The number of furan rings is 1. The highest BCUT2D eigenvalue weighted by molar-refractivity contribution is 5.81. The Hall–Kier alpha value is -1.98. The highest BCUT2D eigenvalue weighted by Crippen LogP contribution is 2.21. The summed E-state index contributed by atoms with van der Waals surface area (Å²) in [5.41, 5.74) is -0.525. The lowest BCUT2D eigenvalue weighted by Crippen LogP contribution is -2.38. The topological polar surface area (TPSA) is 71.8 Å². The van der Waals surface area contributed by atoms with Crippen molar-refractivity contribution in [3.8, 4) is 0 Å². The Bertz CT molecular complexity index is 573. The molecule has 2 amide bonds. The van der Waals surface area contributed by atoms with E-state index in [4.69, 9.17) is 9.15 Å². The van der Waals surface area contributed by atoms with E-state index in [2.05, 4.69) is 5.32 Å². The van der Waals surface area contributed by atoms with Crippen LogP contribution in [0.5, 0.6) is 0 Å². The first kappa shape index (κ1) is 17.4. The number of carbonyl (C=O) groups excluding carboxylic acids is 2. The van der Waals surface area contributed by atoms with Gasteiger partial charge in [-0.05, 0) is 53.2 Å². The molecule has 0 aromatic carbocycles. The number of carbonyl (C=O) groups is 2. The van der Waals surface area contributed by atoms with E-state index in [0.29, 0.717) is 19.5 Å². The average Bonchev–Trinajstić information content (AvgIpc) is 3.05. The van der Waals surface area contributed by atoms with Crippen LogP contribution in [0.1, 0.15) is 51.7 Å². The van der Waals surface area contributed by atoms with Crippen LogP contribution in [0.15, 0.2) is 16.5 Å². The second-order valence-electron chi connectivity index (χ2n) is 7.09. The molecule has 1 aromatic rings. The maximum absolute atomic E-state index is 12.4. The molecule has 1 aromatic heterocycles. The summed E-state index contributed by atoms with van der Waals surface area (Å²) >= 11 is 0. The van der Waals surface area contributed by atoms with E-state index in [1.807, 2.05) is 46.8 Å². The Morgan fingerprint density at radius 2 is 2.09 bits per heavy atom. The number of amides is 2. The van der Waals surface area contributed by atoms with Gasteiger partial charge in [0.05, 0.1) is 12.0 Å². The standard InChI is InChI=1S/C17H26N2O4/c1-11-6-7-14(22-11)12(2)18-15(20)13-8-9-19(10-13)16(21)23-17(3,4)5/h6-7,12-13H,8-10H2,1-5H3,(H,18,20)/t12-,13-/m1/s1. The van der Waals surface area contributed by atoms with Crippen LogP contribution in [0.3, 0.4) is 0 Å². The monoisotopic (exact) mass is 322 g/mol. The summed E-state index contributed by atoms with van der Waals surface area (Å²) in [5, 5.41) is 2.95. The van der Waals surface area contributed by atoms with E-state index in [0.717, 1.165) is 11.5 Å². The maximum Gasteiger partial charge on any atom is 0.410 e. The molecule has 0 saturated carbocycles. The molecule has 1 aliphatic heterocycles. The Labute approximate surface area is 137 Å². The SMILES string of the molecule is Cc1ccc([C@@H](C)NC(=O)[C@@H]2CCN(C(=O)OC(C)(C)C)C2)o1. The molecule has 1 fully saturated rings. The van der Waals surface area contributed by atoms with Gasteiger partial charge in [0.1, 0.15) is 17.1 Å². The van der Waals surface area contributed by atoms with Crippen molar-refractivity contribution in [2.75, 3.05) is 13.1 Å². The van der Waals surface area contributed by atoms with Crippen molar-refractivity contribution >= 4 is 12.0 Å². The van der Waals surface area contributed by atoms with Crippen molar-refractivity contribution in [1.82, 2.24) is 10.2 Å². The van der Waals surface area contributed by atoms with Gasteiger partial charge in [0.2, 0.25) is 5.91 Å². The fourth-order valence-corrected chi connectivity index (χ4v) is 2.56. The predicted octanol–water partition coefficient (Wildman–Crippen LogP) is 3.02. The third-order valence-electron chi connectivity index (χ3n) is 3.76. The van der Waals surface area contributed by atoms with Gasteiger partial charge in [-0.2, -0.15) is 0 Å². The van der Waals surface area contributed by atoms with Crippen LogP contribution in [0.2, 0.25) is 0 Å². The molecule has 0 unspecified atom stereocenters. The number of hydrogen-bond acceptors (Lipinski definition) is 4.